The lowest BCUT2D eigenvalue weighted by Gasteiger charge is -2.07. The number of nitrogens with zero attached hydrogens (tertiary/aromatic N) is 3. The third-order valence-electron chi connectivity index (χ3n) is 4.20. The number of hydrogen-bond acceptors (Lipinski definition) is 6. The highest BCUT2D eigenvalue weighted by molar-refractivity contribution is 7.99. The number of nitrogens with one attached hydrogen (secondary N) is 1. The van der Waals surface area contributed by atoms with Crippen LogP contribution in [0.4, 0.5) is 5.69 Å². The Balaban J connectivity index is 1.51. The van der Waals surface area contributed by atoms with Crippen molar-refractivity contribution in [2.45, 2.75) is 12.1 Å². The van der Waals surface area contributed by atoms with Gasteiger partial charge in [-0.3, -0.25) is 4.79 Å². The van der Waals surface area contributed by atoms with E-state index in [1.807, 2.05) is 30.3 Å². The molecule has 0 saturated heterocycles. The zero-order valence-electron chi connectivity index (χ0n) is 16.1. The zero-order valence-corrected chi connectivity index (χ0v) is 18.4. The van der Waals surface area contributed by atoms with Gasteiger partial charge in [0.1, 0.15) is 5.01 Å². The van der Waals surface area contributed by atoms with Crippen molar-refractivity contribution in [3.63, 3.8) is 0 Å². The maximum Gasteiger partial charge on any atom is 0.275 e. The summed E-state index contributed by atoms with van der Waals surface area (Å²) >= 11 is 9.16. The monoisotopic (exact) mass is 452 g/mol. The molecule has 0 fully saturated rings. The SMILES string of the molecule is C=CCSc1ncc(Cl)c(C(=O)Nc2ccc(-c3nc4ccc(C)cc4s3)cc2)n1. The Kier molecular flexibility index (Phi) is 6.13. The molecule has 0 atom stereocenters. The molecule has 0 saturated carbocycles. The van der Waals surface area contributed by atoms with Crippen molar-refractivity contribution in [1.82, 2.24) is 15.0 Å². The van der Waals surface area contributed by atoms with Crippen LogP contribution in [-0.2, 0) is 0 Å². The number of anilines is 1. The second-order valence-electron chi connectivity index (χ2n) is 6.47. The number of fused-ring (bicyclic) bond motifs is 1. The molecule has 0 spiro atoms. The molecular formula is C22H17ClN4OS2. The first-order valence-corrected chi connectivity index (χ1v) is 11.3. The molecule has 4 rings (SSSR count). The molecule has 0 aliphatic carbocycles. The van der Waals surface area contributed by atoms with Crippen molar-refractivity contribution in [3.8, 4) is 10.6 Å². The quantitative estimate of drug-likeness (QED) is 0.213. The Morgan fingerprint density at radius 1 is 1.23 bits per heavy atom. The van der Waals surface area contributed by atoms with Gasteiger partial charge in [0.25, 0.3) is 5.91 Å². The Labute approximate surface area is 187 Å². The first-order valence-electron chi connectivity index (χ1n) is 9.08. The van der Waals surface area contributed by atoms with Gasteiger partial charge in [-0.2, -0.15) is 0 Å². The molecule has 0 aliphatic rings. The van der Waals surface area contributed by atoms with Crippen LogP contribution in [-0.4, -0.2) is 26.6 Å². The molecule has 2 aromatic carbocycles. The fraction of sp³-hybridized carbons (Fsp3) is 0.0909. The number of thioether (sulfide) groups is 1. The van der Waals surface area contributed by atoms with Gasteiger partial charge < -0.3 is 5.32 Å². The average molecular weight is 453 g/mol. The highest BCUT2D eigenvalue weighted by Crippen LogP contribution is 2.31. The summed E-state index contributed by atoms with van der Waals surface area (Å²) in [7, 11) is 0. The molecule has 2 aromatic heterocycles. The highest BCUT2D eigenvalue weighted by atomic mass is 35.5. The van der Waals surface area contributed by atoms with Crippen LogP contribution < -0.4 is 5.32 Å². The van der Waals surface area contributed by atoms with Crippen LogP contribution in [0.2, 0.25) is 5.02 Å². The number of rotatable bonds is 6. The average Bonchev–Trinajstić information content (AvgIpc) is 3.16. The number of hydrogen-bond donors (Lipinski definition) is 1. The lowest BCUT2D eigenvalue weighted by atomic mass is 10.2. The fourth-order valence-electron chi connectivity index (χ4n) is 2.75. The topological polar surface area (TPSA) is 67.8 Å². The summed E-state index contributed by atoms with van der Waals surface area (Å²) in [6.07, 6.45) is 3.18. The molecule has 0 bridgehead atoms. The van der Waals surface area contributed by atoms with E-state index in [2.05, 4.69) is 40.9 Å². The molecule has 30 heavy (non-hydrogen) atoms. The Morgan fingerprint density at radius 2 is 2.03 bits per heavy atom. The number of carbonyl (C=O) groups excluding carboxylic acids is 1. The lowest BCUT2D eigenvalue weighted by molar-refractivity contribution is 0.102. The summed E-state index contributed by atoms with van der Waals surface area (Å²) in [6, 6.07) is 13.8. The van der Waals surface area contributed by atoms with Crippen LogP contribution in [0.5, 0.6) is 0 Å². The van der Waals surface area contributed by atoms with Crippen molar-refractivity contribution in [1.29, 1.82) is 0 Å². The van der Waals surface area contributed by atoms with E-state index in [0.717, 1.165) is 20.8 Å². The van der Waals surface area contributed by atoms with E-state index in [1.165, 1.54) is 23.5 Å². The normalized spacial score (nSPS) is 10.9. The molecule has 5 nitrogen and oxygen atoms in total. The van der Waals surface area contributed by atoms with E-state index >= 15 is 0 Å². The van der Waals surface area contributed by atoms with Crippen LogP contribution in [0, 0.1) is 6.92 Å². The van der Waals surface area contributed by atoms with Gasteiger partial charge in [0.05, 0.1) is 21.4 Å². The van der Waals surface area contributed by atoms with Gasteiger partial charge in [-0.15, -0.1) is 17.9 Å². The predicted octanol–water partition coefficient (Wildman–Crippen LogP) is 6.25. The third-order valence-corrected chi connectivity index (χ3v) is 6.40. The van der Waals surface area contributed by atoms with Gasteiger partial charge in [-0.1, -0.05) is 35.5 Å². The van der Waals surface area contributed by atoms with Gasteiger partial charge in [0, 0.05) is 17.0 Å². The Bertz CT molecular complexity index is 1240. The smallest absolute Gasteiger partial charge is 0.275 e. The number of carbonyl (C=O) groups is 1. The number of halogens is 1. The van der Waals surface area contributed by atoms with Gasteiger partial charge in [0.2, 0.25) is 0 Å². The first kappa shape index (κ1) is 20.5. The van der Waals surface area contributed by atoms with Crippen molar-refractivity contribution in [3.05, 3.63) is 77.6 Å². The van der Waals surface area contributed by atoms with E-state index in [1.54, 1.807) is 17.4 Å². The van der Waals surface area contributed by atoms with Crippen LogP contribution in [0.3, 0.4) is 0 Å². The molecule has 2 heterocycles. The molecule has 1 N–H and O–H groups in total. The van der Waals surface area contributed by atoms with Crippen molar-refractivity contribution >= 4 is 56.5 Å². The number of amides is 1. The standard InChI is InChI=1S/C22H17ClN4OS2/c1-3-10-29-22-24-12-16(23)19(27-22)20(28)25-15-7-5-14(6-8-15)21-26-17-9-4-13(2)11-18(17)30-21/h3-9,11-12H,1,10H2,2H3,(H,25,28). The van der Waals surface area contributed by atoms with Gasteiger partial charge >= 0.3 is 0 Å². The van der Waals surface area contributed by atoms with Crippen LogP contribution >= 0.6 is 34.7 Å². The van der Waals surface area contributed by atoms with E-state index in [0.29, 0.717) is 16.6 Å². The summed E-state index contributed by atoms with van der Waals surface area (Å²) in [5.41, 5.74) is 3.99. The third kappa shape index (κ3) is 4.53. The zero-order chi connectivity index (χ0) is 21.1. The van der Waals surface area contributed by atoms with E-state index in [4.69, 9.17) is 16.6 Å². The lowest BCUT2D eigenvalue weighted by Crippen LogP contribution is -2.15. The van der Waals surface area contributed by atoms with Crippen LogP contribution in [0.15, 0.2) is 66.5 Å². The minimum absolute atomic E-state index is 0.142. The molecule has 1 amide bonds. The molecule has 0 radical (unpaired) electrons. The second-order valence-corrected chi connectivity index (χ2v) is 8.90. The molecular weight excluding hydrogens is 436 g/mol. The number of aromatic nitrogens is 3. The van der Waals surface area contributed by atoms with Crippen LogP contribution in [0.25, 0.3) is 20.8 Å². The van der Waals surface area contributed by atoms with Crippen molar-refractivity contribution in [2.24, 2.45) is 0 Å². The molecule has 4 aromatic rings. The van der Waals surface area contributed by atoms with E-state index < -0.39 is 0 Å². The van der Waals surface area contributed by atoms with E-state index in [-0.39, 0.29) is 16.6 Å². The summed E-state index contributed by atoms with van der Waals surface area (Å²) in [6.45, 7) is 5.74. The van der Waals surface area contributed by atoms with Crippen molar-refractivity contribution < 1.29 is 4.79 Å². The Morgan fingerprint density at radius 3 is 2.80 bits per heavy atom. The van der Waals surface area contributed by atoms with Gasteiger partial charge in [-0.05, 0) is 48.9 Å². The first-order chi connectivity index (χ1) is 14.5. The Hall–Kier alpha value is -2.74. The second kappa shape index (κ2) is 8.95. The maximum absolute atomic E-state index is 12.6. The fourth-order valence-corrected chi connectivity index (χ4v) is 4.55. The number of thiazole rings is 1. The molecule has 0 aliphatic heterocycles. The number of aryl methyl sites for hydroxylation is 1. The largest absolute Gasteiger partial charge is 0.321 e. The molecule has 150 valence electrons. The highest BCUT2D eigenvalue weighted by Gasteiger charge is 2.15. The molecule has 8 heteroatoms. The predicted molar refractivity (Wildman–Crippen MR) is 126 cm³/mol. The summed E-state index contributed by atoms with van der Waals surface area (Å²) in [4.78, 5) is 25.7. The molecule has 0 unspecified atom stereocenters. The van der Waals surface area contributed by atoms with Gasteiger partial charge in [0.15, 0.2) is 10.9 Å². The summed E-state index contributed by atoms with van der Waals surface area (Å²) in [5.74, 6) is 0.265. The van der Waals surface area contributed by atoms with Crippen LogP contribution in [0.1, 0.15) is 16.1 Å². The maximum atomic E-state index is 12.6. The minimum atomic E-state index is -0.383. The van der Waals surface area contributed by atoms with Gasteiger partial charge in [-0.25, -0.2) is 15.0 Å². The van der Waals surface area contributed by atoms with E-state index in [9.17, 15) is 4.79 Å². The number of benzene rings is 2. The van der Waals surface area contributed by atoms with Crippen molar-refractivity contribution in [2.75, 3.05) is 11.1 Å². The summed E-state index contributed by atoms with van der Waals surface area (Å²) in [5, 5.41) is 4.46. The minimum Gasteiger partial charge on any atom is -0.321 e. The summed E-state index contributed by atoms with van der Waals surface area (Å²) < 4.78 is 1.16.